The van der Waals surface area contributed by atoms with Crippen molar-refractivity contribution < 1.29 is 14.3 Å². The van der Waals surface area contributed by atoms with Crippen molar-refractivity contribution in [1.29, 1.82) is 0 Å². The second-order valence-corrected chi connectivity index (χ2v) is 6.93. The number of halogens is 1. The van der Waals surface area contributed by atoms with E-state index >= 15 is 0 Å². The number of amides is 1. The summed E-state index contributed by atoms with van der Waals surface area (Å²) in [6.07, 6.45) is 2.83. The first-order valence-corrected chi connectivity index (χ1v) is 8.72. The van der Waals surface area contributed by atoms with Gasteiger partial charge >= 0.3 is 5.97 Å². The molecule has 0 bridgehead atoms. The number of carbonyl (C=O) groups is 2. The Bertz CT molecular complexity index is 686. The second kappa shape index (κ2) is 7.69. The molecule has 1 heterocycles. The Morgan fingerprint density at radius 1 is 1.45 bits per heavy atom. The molecule has 1 aromatic heterocycles. The lowest BCUT2D eigenvalue weighted by molar-refractivity contribution is -0.115. The van der Waals surface area contributed by atoms with Gasteiger partial charge in [-0.05, 0) is 24.6 Å². The van der Waals surface area contributed by atoms with E-state index in [1.165, 1.54) is 18.4 Å². The third-order valence-electron chi connectivity index (χ3n) is 3.14. The number of esters is 1. The van der Waals surface area contributed by atoms with Crippen molar-refractivity contribution in [3.8, 4) is 0 Å². The van der Waals surface area contributed by atoms with E-state index in [1.807, 2.05) is 0 Å². The third-order valence-corrected chi connectivity index (χ3v) is 4.94. The zero-order chi connectivity index (χ0) is 16.1. The molecule has 1 unspecified atom stereocenters. The zero-order valence-electron chi connectivity index (χ0n) is 12.4. The number of thiazole rings is 1. The molecule has 5 nitrogen and oxygen atoms in total. The predicted octanol–water partition coefficient (Wildman–Crippen LogP) is 3.98. The van der Waals surface area contributed by atoms with Gasteiger partial charge in [-0.25, -0.2) is 9.78 Å². The first-order chi connectivity index (χ1) is 10.5. The van der Waals surface area contributed by atoms with Crippen LogP contribution in [0.25, 0.3) is 10.2 Å². The van der Waals surface area contributed by atoms with Gasteiger partial charge in [0.05, 0.1) is 27.7 Å². The van der Waals surface area contributed by atoms with E-state index in [1.54, 1.807) is 18.2 Å². The molecule has 0 aliphatic heterocycles. The number of ether oxygens (including phenoxy) is 1. The second-order valence-electron chi connectivity index (χ2n) is 4.79. The van der Waals surface area contributed by atoms with E-state index in [0.717, 1.165) is 29.5 Å². The number of carbonyl (C=O) groups excluding carboxylic acids is 2. The Morgan fingerprint density at radius 2 is 2.23 bits per heavy atom. The molecule has 0 aliphatic rings. The van der Waals surface area contributed by atoms with Gasteiger partial charge in [0.1, 0.15) is 0 Å². The van der Waals surface area contributed by atoms with Crippen LogP contribution in [-0.2, 0) is 9.53 Å². The smallest absolute Gasteiger partial charge is 0.337 e. The van der Waals surface area contributed by atoms with Crippen LogP contribution in [0.2, 0.25) is 0 Å². The molecule has 118 valence electrons. The number of benzene rings is 1. The van der Waals surface area contributed by atoms with Crippen molar-refractivity contribution in [2.45, 2.75) is 31.0 Å². The number of hydrogen-bond acceptors (Lipinski definition) is 5. The monoisotopic (exact) mass is 384 g/mol. The van der Waals surface area contributed by atoms with Crippen LogP contribution in [0.1, 0.15) is 36.5 Å². The molecule has 0 aliphatic carbocycles. The molecule has 0 spiro atoms. The molecule has 0 saturated heterocycles. The van der Waals surface area contributed by atoms with Crippen molar-refractivity contribution in [1.82, 2.24) is 4.98 Å². The van der Waals surface area contributed by atoms with Crippen LogP contribution in [0.4, 0.5) is 5.13 Å². The van der Waals surface area contributed by atoms with Crippen LogP contribution in [0.5, 0.6) is 0 Å². The number of rotatable bonds is 6. The number of nitrogens with one attached hydrogen (secondary N) is 1. The summed E-state index contributed by atoms with van der Waals surface area (Å²) in [5.74, 6) is -0.485. The Balaban J connectivity index is 2.12. The number of hydrogen-bond donors (Lipinski definition) is 1. The molecule has 1 amide bonds. The van der Waals surface area contributed by atoms with Gasteiger partial charge in [0.25, 0.3) is 0 Å². The van der Waals surface area contributed by atoms with E-state index in [9.17, 15) is 9.59 Å². The lowest BCUT2D eigenvalue weighted by Gasteiger charge is -2.07. The summed E-state index contributed by atoms with van der Waals surface area (Å²) in [5.41, 5.74) is 1.21. The first-order valence-electron chi connectivity index (χ1n) is 6.99. The maximum Gasteiger partial charge on any atom is 0.337 e. The molecular formula is C15H17BrN2O3S. The van der Waals surface area contributed by atoms with Gasteiger partial charge in [0.15, 0.2) is 5.13 Å². The van der Waals surface area contributed by atoms with Gasteiger partial charge in [0.2, 0.25) is 5.91 Å². The van der Waals surface area contributed by atoms with E-state index in [-0.39, 0.29) is 16.7 Å². The summed E-state index contributed by atoms with van der Waals surface area (Å²) in [7, 11) is 1.34. The Labute approximate surface area is 141 Å². The van der Waals surface area contributed by atoms with E-state index in [4.69, 9.17) is 4.74 Å². The average Bonchev–Trinajstić information content (AvgIpc) is 2.92. The van der Waals surface area contributed by atoms with Crippen LogP contribution < -0.4 is 5.32 Å². The minimum Gasteiger partial charge on any atom is -0.465 e. The molecule has 0 saturated carbocycles. The quantitative estimate of drug-likeness (QED) is 0.604. The number of unbranched alkanes of at least 4 members (excludes halogenated alkanes) is 1. The van der Waals surface area contributed by atoms with Gasteiger partial charge in [-0.15, -0.1) is 0 Å². The molecule has 0 radical (unpaired) electrons. The van der Waals surface area contributed by atoms with Gasteiger partial charge in [-0.3, -0.25) is 4.79 Å². The van der Waals surface area contributed by atoms with Crippen LogP contribution in [-0.4, -0.2) is 28.8 Å². The molecule has 1 atom stereocenters. The summed E-state index contributed by atoms with van der Waals surface area (Å²) >= 11 is 4.73. The van der Waals surface area contributed by atoms with Crippen LogP contribution in [0, 0.1) is 0 Å². The van der Waals surface area contributed by atoms with Crippen molar-refractivity contribution in [3.05, 3.63) is 23.8 Å². The number of fused-ring (bicyclic) bond motifs is 1. The van der Waals surface area contributed by atoms with E-state index in [2.05, 4.69) is 33.2 Å². The standard InChI is InChI=1S/C15H17BrN2O3S/c1-3-4-5-10(16)13(19)18-15-17-11-7-6-9(14(20)21-2)8-12(11)22-15/h6-8,10H,3-5H2,1-2H3,(H,17,18,19). The Hall–Kier alpha value is -1.47. The molecule has 2 rings (SSSR count). The fourth-order valence-corrected chi connectivity index (χ4v) is 3.27. The van der Waals surface area contributed by atoms with Crippen molar-refractivity contribution in [3.63, 3.8) is 0 Å². The van der Waals surface area contributed by atoms with Crippen molar-refractivity contribution >= 4 is 54.5 Å². The van der Waals surface area contributed by atoms with E-state index in [0.29, 0.717) is 10.7 Å². The topological polar surface area (TPSA) is 68.3 Å². The highest BCUT2D eigenvalue weighted by Crippen LogP contribution is 2.27. The molecule has 22 heavy (non-hydrogen) atoms. The molecule has 2 aromatic rings. The Kier molecular flexibility index (Phi) is 5.90. The first kappa shape index (κ1) is 16.9. The van der Waals surface area contributed by atoms with Crippen LogP contribution >= 0.6 is 27.3 Å². The summed E-state index contributed by atoms with van der Waals surface area (Å²) in [4.78, 5) is 27.7. The van der Waals surface area contributed by atoms with Crippen LogP contribution in [0.3, 0.4) is 0 Å². The van der Waals surface area contributed by atoms with Gasteiger partial charge in [-0.1, -0.05) is 47.0 Å². The molecular weight excluding hydrogens is 368 g/mol. The lowest BCUT2D eigenvalue weighted by atomic mass is 10.2. The number of aromatic nitrogens is 1. The Morgan fingerprint density at radius 3 is 2.91 bits per heavy atom. The maximum atomic E-state index is 12.1. The van der Waals surface area contributed by atoms with Gasteiger partial charge < -0.3 is 10.1 Å². The summed E-state index contributed by atoms with van der Waals surface area (Å²) in [5, 5.41) is 3.34. The van der Waals surface area contributed by atoms with Crippen molar-refractivity contribution in [2.24, 2.45) is 0 Å². The minimum absolute atomic E-state index is 0.0966. The third kappa shape index (κ3) is 4.04. The highest BCUT2D eigenvalue weighted by Gasteiger charge is 2.16. The van der Waals surface area contributed by atoms with Gasteiger partial charge in [0, 0.05) is 0 Å². The fraction of sp³-hybridized carbons (Fsp3) is 0.400. The van der Waals surface area contributed by atoms with Crippen LogP contribution in [0.15, 0.2) is 18.2 Å². The van der Waals surface area contributed by atoms with Gasteiger partial charge in [-0.2, -0.15) is 0 Å². The molecule has 1 aromatic carbocycles. The highest BCUT2D eigenvalue weighted by molar-refractivity contribution is 9.10. The molecule has 7 heteroatoms. The zero-order valence-corrected chi connectivity index (χ0v) is 14.8. The lowest BCUT2D eigenvalue weighted by Crippen LogP contribution is -2.22. The minimum atomic E-state index is -0.388. The summed E-state index contributed by atoms with van der Waals surface area (Å²) in [6.45, 7) is 2.09. The highest BCUT2D eigenvalue weighted by atomic mass is 79.9. The fourth-order valence-electron chi connectivity index (χ4n) is 1.92. The van der Waals surface area contributed by atoms with Crippen molar-refractivity contribution in [2.75, 3.05) is 12.4 Å². The normalized spacial score (nSPS) is 12.1. The van der Waals surface area contributed by atoms with E-state index < -0.39 is 0 Å². The summed E-state index contributed by atoms with van der Waals surface area (Å²) in [6, 6.07) is 5.13. The average molecular weight is 385 g/mol. The SMILES string of the molecule is CCCCC(Br)C(=O)Nc1nc2ccc(C(=O)OC)cc2s1. The summed E-state index contributed by atoms with van der Waals surface area (Å²) < 4.78 is 5.53. The number of anilines is 1. The maximum absolute atomic E-state index is 12.1. The predicted molar refractivity (Wildman–Crippen MR) is 91.8 cm³/mol. The largest absolute Gasteiger partial charge is 0.465 e. The molecule has 0 fully saturated rings. The molecule has 1 N–H and O–H groups in total. The number of alkyl halides is 1. The number of nitrogens with zero attached hydrogens (tertiary/aromatic N) is 1. The number of methoxy groups -OCH3 is 1.